The molecule has 6 heteroatoms. The average Bonchev–Trinajstić information content (AvgIpc) is 2.59. The summed E-state index contributed by atoms with van der Waals surface area (Å²) in [5.74, 6) is -0.123. The molecule has 0 radical (unpaired) electrons. The van der Waals surface area contributed by atoms with Gasteiger partial charge in [-0.2, -0.15) is 5.10 Å². The van der Waals surface area contributed by atoms with E-state index in [0.29, 0.717) is 12.0 Å². The number of rotatable bonds is 7. The van der Waals surface area contributed by atoms with E-state index in [1.54, 1.807) is 12.1 Å². The maximum atomic E-state index is 11.8. The highest BCUT2D eigenvalue weighted by Gasteiger charge is 2.04. The molecular weight excluding hydrogens is 429 g/mol. The maximum absolute atomic E-state index is 11.8. The summed E-state index contributed by atoms with van der Waals surface area (Å²) >= 11 is 2.26. The second kappa shape index (κ2) is 9.22. The maximum Gasteiger partial charge on any atom is 0.259 e. The van der Waals surface area contributed by atoms with Crippen molar-refractivity contribution in [1.29, 1.82) is 0 Å². The Morgan fingerprint density at radius 1 is 1.36 bits per heavy atom. The predicted octanol–water partition coefficient (Wildman–Crippen LogP) is 3.60. The van der Waals surface area contributed by atoms with Gasteiger partial charge in [-0.3, -0.25) is 4.79 Å². The van der Waals surface area contributed by atoms with Gasteiger partial charge in [0, 0.05) is 14.8 Å². The molecule has 25 heavy (non-hydrogen) atoms. The highest BCUT2D eigenvalue weighted by atomic mass is 127. The van der Waals surface area contributed by atoms with Crippen LogP contribution in [-0.4, -0.2) is 23.8 Å². The lowest BCUT2D eigenvalue weighted by atomic mass is 10.1. The molecule has 0 saturated heterocycles. The van der Waals surface area contributed by atoms with Crippen LogP contribution < -0.4 is 10.7 Å². The van der Waals surface area contributed by atoms with Crippen molar-refractivity contribution in [2.75, 3.05) is 11.9 Å². The minimum Gasteiger partial charge on any atom is -0.507 e. The van der Waals surface area contributed by atoms with Crippen LogP contribution in [0, 0.1) is 10.5 Å². The number of hydrazone groups is 1. The van der Waals surface area contributed by atoms with E-state index >= 15 is 0 Å². The first-order valence-corrected chi connectivity index (χ1v) is 8.83. The number of carbonyl (C=O) groups excluding carboxylic acids is 1. The van der Waals surface area contributed by atoms with E-state index in [1.165, 1.54) is 9.78 Å². The minimum absolute atomic E-state index is 0.111. The van der Waals surface area contributed by atoms with E-state index in [0.717, 1.165) is 16.8 Å². The third-order valence-electron chi connectivity index (χ3n) is 3.52. The number of hydrogen-bond acceptors (Lipinski definition) is 4. The van der Waals surface area contributed by atoms with Crippen molar-refractivity contribution in [3.05, 3.63) is 69.3 Å². The predicted molar refractivity (Wildman–Crippen MR) is 110 cm³/mol. The van der Waals surface area contributed by atoms with Crippen LogP contribution in [-0.2, 0) is 11.2 Å². The summed E-state index contributed by atoms with van der Waals surface area (Å²) in [5.41, 5.74) is 5.78. The van der Waals surface area contributed by atoms with E-state index in [9.17, 15) is 9.90 Å². The monoisotopic (exact) mass is 449 g/mol. The number of phenols is 1. The fourth-order valence-corrected chi connectivity index (χ4v) is 2.52. The number of halogens is 1. The molecule has 0 heterocycles. The summed E-state index contributed by atoms with van der Waals surface area (Å²) in [6, 6.07) is 11.3. The van der Waals surface area contributed by atoms with Crippen molar-refractivity contribution in [1.82, 2.24) is 5.43 Å². The molecule has 0 spiro atoms. The molecule has 0 aromatic heterocycles. The fourth-order valence-electron chi connectivity index (χ4n) is 2.19. The molecule has 2 aromatic carbocycles. The van der Waals surface area contributed by atoms with Crippen molar-refractivity contribution in [3.63, 3.8) is 0 Å². The van der Waals surface area contributed by atoms with Gasteiger partial charge in [-0.05, 0) is 71.3 Å². The van der Waals surface area contributed by atoms with Gasteiger partial charge in [-0.25, -0.2) is 5.43 Å². The number of allylic oxidation sites excluding steroid dienone is 1. The third-order valence-corrected chi connectivity index (χ3v) is 4.73. The van der Waals surface area contributed by atoms with Crippen LogP contribution in [0.2, 0.25) is 0 Å². The Kier molecular flexibility index (Phi) is 7.00. The first-order valence-electron chi connectivity index (χ1n) is 7.75. The zero-order valence-electron chi connectivity index (χ0n) is 13.9. The van der Waals surface area contributed by atoms with Gasteiger partial charge < -0.3 is 10.4 Å². The standard InChI is InChI=1S/C19H20IN3O2/c1-3-5-14-6-4-7-15(19(14)25)11-22-23-18(24)12-21-16-8-9-17(20)13(2)10-16/h3-4,6-11,21,25H,1,5,12H2,2H3,(H,23,24)/b22-11-. The number of amides is 1. The molecule has 0 bridgehead atoms. The number of carbonyl (C=O) groups is 1. The Bertz CT molecular complexity index is 803. The molecule has 2 aromatic rings. The first kappa shape index (κ1) is 19.0. The van der Waals surface area contributed by atoms with Crippen molar-refractivity contribution in [3.8, 4) is 5.75 Å². The van der Waals surface area contributed by atoms with Crippen LogP contribution in [0.1, 0.15) is 16.7 Å². The summed E-state index contributed by atoms with van der Waals surface area (Å²) in [7, 11) is 0. The minimum atomic E-state index is -0.269. The highest BCUT2D eigenvalue weighted by molar-refractivity contribution is 14.1. The molecule has 0 unspecified atom stereocenters. The van der Waals surface area contributed by atoms with Crippen molar-refractivity contribution < 1.29 is 9.90 Å². The second-order valence-electron chi connectivity index (χ2n) is 5.46. The van der Waals surface area contributed by atoms with Gasteiger partial charge >= 0.3 is 0 Å². The van der Waals surface area contributed by atoms with Gasteiger partial charge in [-0.1, -0.05) is 18.2 Å². The fraction of sp³-hybridized carbons (Fsp3) is 0.158. The lowest BCUT2D eigenvalue weighted by Crippen LogP contribution is -2.25. The molecule has 2 rings (SSSR count). The van der Waals surface area contributed by atoms with E-state index in [2.05, 4.69) is 45.0 Å². The molecule has 0 aliphatic heterocycles. The SMILES string of the molecule is C=CCc1cccc(/C=N\NC(=O)CNc2ccc(I)c(C)c2)c1O. The summed E-state index contributed by atoms with van der Waals surface area (Å²) in [6.45, 7) is 5.79. The lowest BCUT2D eigenvalue weighted by molar-refractivity contribution is -0.119. The molecule has 0 aliphatic carbocycles. The molecule has 0 saturated carbocycles. The Balaban J connectivity index is 1.89. The van der Waals surface area contributed by atoms with Crippen LogP contribution in [0.3, 0.4) is 0 Å². The van der Waals surface area contributed by atoms with Gasteiger partial charge in [0.1, 0.15) is 5.75 Å². The smallest absolute Gasteiger partial charge is 0.259 e. The Morgan fingerprint density at radius 2 is 2.16 bits per heavy atom. The number of aromatic hydroxyl groups is 1. The van der Waals surface area contributed by atoms with E-state index in [-0.39, 0.29) is 18.2 Å². The summed E-state index contributed by atoms with van der Waals surface area (Å²) in [4.78, 5) is 11.8. The van der Waals surface area contributed by atoms with Crippen molar-refractivity contribution in [2.45, 2.75) is 13.3 Å². The second-order valence-corrected chi connectivity index (χ2v) is 6.62. The average molecular weight is 449 g/mol. The number of nitrogens with one attached hydrogen (secondary N) is 2. The molecular formula is C19H20IN3O2. The van der Waals surface area contributed by atoms with Crippen LogP contribution in [0.15, 0.2) is 54.2 Å². The normalized spacial score (nSPS) is 10.6. The molecule has 0 aliphatic rings. The van der Waals surface area contributed by atoms with Crippen LogP contribution in [0.4, 0.5) is 5.69 Å². The Labute approximate surface area is 161 Å². The first-order chi connectivity index (χ1) is 12.0. The number of nitrogens with zero attached hydrogens (tertiary/aromatic N) is 1. The molecule has 5 nitrogen and oxygen atoms in total. The molecule has 130 valence electrons. The largest absolute Gasteiger partial charge is 0.507 e. The zero-order valence-corrected chi connectivity index (χ0v) is 16.1. The van der Waals surface area contributed by atoms with E-state index < -0.39 is 0 Å². The third kappa shape index (κ3) is 5.60. The van der Waals surface area contributed by atoms with Gasteiger partial charge in [-0.15, -0.1) is 6.58 Å². The highest BCUT2D eigenvalue weighted by Crippen LogP contribution is 2.21. The molecule has 1 amide bonds. The number of anilines is 1. The van der Waals surface area contributed by atoms with Gasteiger partial charge in [0.25, 0.3) is 5.91 Å². The van der Waals surface area contributed by atoms with E-state index in [4.69, 9.17) is 0 Å². The van der Waals surface area contributed by atoms with Crippen molar-refractivity contribution >= 4 is 40.4 Å². The van der Waals surface area contributed by atoms with E-state index in [1.807, 2.05) is 37.3 Å². The number of hydrogen-bond donors (Lipinski definition) is 3. The number of benzene rings is 2. The van der Waals surface area contributed by atoms with Gasteiger partial charge in [0.2, 0.25) is 0 Å². The summed E-state index contributed by atoms with van der Waals surface area (Å²) in [5, 5.41) is 17.1. The topological polar surface area (TPSA) is 73.7 Å². The Hall–Kier alpha value is -2.35. The number of phenolic OH excluding ortho intramolecular Hbond substituents is 1. The molecule has 0 fully saturated rings. The zero-order chi connectivity index (χ0) is 18.2. The quantitative estimate of drug-likeness (QED) is 0.262. The number of para-hydroxylation sites is 1. The van der Waals surface area contributed by atoms with Crippen LogP contribution in [0.25, 0.3) is 0 Å². The Morgan fingerprint density at radius 3 is 2.88 bits per heavy atom. The van der Waals surface area contributed by atoms with Crippen LogP contribution in [0.5, 0.6) is 5.75 Å². The molecule has 3 N–H and O–H groups in total. The summed E-state index contributed by atoms with van der Waals surface area (Å²) < 4.78 is 1.18. The number of aryl methyl sites for hydroxylation is 1. The summed E-state index contributed by atoms with van der Waals surface area (Å²) in [6.07, 6.45) is 3.71. The molecule has 0 atom stereocenters. The van der Waals surface area contributed by atoms with Crippen LogP contribution >= 0.6 is 22.6 Å². The van der Waals surface area contributed by atoms with Gasteiger partial charge in [0.15, 0.2) is 0 Å². The van der Waals surface area contributed by atoms with Crippen molar-refractivity contribution in [2.24, 2.45) is 5.10 Å². The van der Waals surface area contributed by atoms with Gasteiger partial charge in [0.05, 0.1) is 12.8 Å². The lowest BCUT2D eigenvalue weighted by Gasteiger charge is -2.07.